The number of nitrogens with zero attached hydrogens (tertiary/aromatic N) is 5. The Labute approximate surface area is 777 Å². The number of pyridine rings is 5. The molecule has 0 N–H and O–H groups in total. The Balaban J connectivity index is 0.000000139. The molecule has 5 nitrogen and oxygen atoms in total. The standard InChI is InChI=1S/C27H35FN.C26H33FN.C23H27FN.2C23H26N/c1-16(2)11-21-15-26-22(24(27(21)28)12-17(3)4)9-10-25(29(26)8)23-14-18(5)13-19(6)20(23)7;1-16(2)12-20-15-25-21(23(26(20)27)13-17(3)4)10-11-24(28(25)7)22-14-18(5)8-9-19(22)6;1-14(2)9-19-13-23-18(12-21(19)24)7-8-22(25(23)6)20-11-15(3)10-16(4)17(20)5;1-16-11-12-17(2)21(15-16)23-14-13-20-19(18-7-4-5-8-18)9-6-10-22(20)24(23)3;1-16-8-9-17(2)21(14-16)22-13-12-19-10-11-20(15-23(19)24(22)3)18-6-4-5-7-18/h9-10,13-17H,11-12H2,1-8H3;8-11,14-17H,12-13H2,1-7H3;7-8,10-14H,9H2,1-6H3;6,9-15,18H,4-5,7-8H2,1-3H3;8-15,18H,4-7H2,1-3H3/q5*+1. The van der Waals surface area contributed by atoms with Crippen molar-refractivity contribution < 1.29 is 36.0 Å². The van der Waals surface area contributed by atoms with Gasteiger partial charge in [0, 0.05) is 116 Å². The van der Waals surface area contributed by atoms with E-state index in [1.165, 1.54) is 202 Å². The average Bonchev–Trinajstić information content (AvgIpc) is 0.983. The second kappa shape index (κ2) is 41.6. The maximum Gasteiger partial charge on any atom is 0.213 e. The minimum atomic E-state index is -0.100. The second-order valence-electron chi connectivity index (χ2n) is 40.9. The summed E-state index contributed by atoms with van der Waals surface area (Å²) in [7, 11) is 10.7. The van der Waals surface area contributed by atoms with Crippen LogP contribution in [0.5, 0.6) is 0 Å². The quantitative estimate of drug-likeness (QED) is 0.0810. The van der Waals surface area contributed by atoms with Crippen molar-refractivity contribution in [3.8, 4) is 56.3 Å². The lowest BCUT2D eigenvalue weighted by Gasteiger charge is -2.16. The molecule has 0 unspecified atom stereocenters. The monoisotopic (exact) mass is 1740 g/mol. The van der Waals surface area contributed by atoms with Crippen LogP contribution in [0.15, 0.2) is 200 Å². The molecule has 5 heterocycles. The normalized spacial score (nSPS) is 13.0. The van der Waals surface area contributed by atoms with Crippen LogP contribution in [0.25, 0.3) is 111 Å². The first-order valence-electron chi connectivity index (χ1n) is 48.5. The summed E-state index contributed by atoms with van der Waals surface area (Å²) in [6.07, 6.45) is 14.7. The minimum absolute atomic E-state index is 0.00442. The molecule has 0 aliphatic heterocycles. The number of hydrogen-bond donors (Lipinski definition) is 0. The van der Waals surface area contributed by atoms with E-state index in [0.717, 1.165) is 104 Å². The Morgan fingerprint density at radius 3 is 1.04 bits per heavy atom. The lowest BCUT2D eigenvalue weighted by Crippen LogP contribution is -2.33. The summed E-state index contributed by atoms with van der Waals surface area (Å²) in [5.41, 5.74) is 41.4. The van der Waals surface area contributed by atoms with E-state index in [0.29, 0.717) is 29.6 Å². The summed E-state index contributed by atoms with van der Waals surface area (Å²) in [6.45, 7) is 47.5. The van der Waals surface area contributed by atoms with Gasteiger partial charge in [0.1, 0.15) is 52.7 Å². The van der Waals surface area contributed by atoms with E-state index >= 15 is 8.78 Å². The van der Waals surface area contributed by atoms with Crippen molar-refractivity contribution in [1.82, 2.24) is 0 Å². The first kappa shape index (κ1) is 96.6. The molecular formula is C122H147F3N5+5. The summed E-state index contributed by atoms with van der Waals surface area (Å²) in [5.74, 6) is 3.50. The van der Waals surface area contributed by atoms with E-state index in [-0.39, 0.29) is 17.5 Å². The average molecular weight is 1740 g/mol. The van der Waals surface area contributed by atoms with Gasteiger partial charge in [-0.15, -0.1) is 0 Å². The van der Waals surface area contributed by atoms with E-state index in [4.69, 9.17) is 0 Å². The number of rotatable bonds is 17. The molecule has 0 bridgehead atoms. The molecule has 130 heavy (non-hydrogen) atoms. The Morgan fingerprint density at radius 2 is 0.615 bits per heavy atom. The molecule has 0 radical (unpaired) electrons. The van der Waals surface area contributed by atoms with E-state index in [1.807, 2.05) is 12.1 Å². The van der Waals surface area contributed by atoms with Gasteiger partial charge in [0.2, 0.25) is 56.1 Å². The molecule has 676 valence electrons. The van der Waals surface area contributed by atoms with Crippen LogP contribution < -0.4 is 22.8 Å². The lowest BCUT2D eigenvalue weighted by molar-refractivity contribution is -0.633. The van der Waals surface area contributed by atoms with Crippen molar-refractivity contribution >= 4 is 54.5 Å². The topological polar surface area (TPSA) is 19.4 Å². The minimum Gasteiger partial charge on any atom is -0.207 e. The Kier molecular flexibility index (Phi) is 30.9. The van der Waals surface area contributed by atoms with Gasteiger partial charge < -0.3 is 0 Å². The van der Waals surface area contributed by atoms with Gasteiger partial charge >= 0.3 is 0 Å². The highest BCUT2D eigenvalue weighted by atomic mass is 19.1. The van der Waals surface area contributed by atoms with Gasteiger partial charge in [-0.05, 0) is 322 Å². The van der Waals surface area contributed by atoms with Crippen LogP contribution in [0.3, 0.4) is 0 Å². The Morgan fingerprint density at radius 1 is 0.277 bits per heavy atom. The molecule has 8 heteroatoms. The van der Waals surface area contributed by atoms with Crippen molar-refractivity contribution in [3.63, 3.8) is 0 Å². The van der Waals surface area contributed by atoms with E-state index in [9.17, 15) is 4.39 Å². The number of fused-ring (bicyclic) bond motifs is 5. The molecule has 17 rings (SSSR count). The van der Waals surface area contributed by atoms with Crippen LogP contribution in [0.2, 0.25) is 0 Å². The molecule has 2 fully saturated rings. The summed E-state index contributed by atoms with van der Waals surface area (Å²) in [6, 6.07) is 72.6. The van der Waals surface area contributed by atoms with Crippen molar-refractivity contribution in [2.75, 3.05) is 0 Å². The predicted molar refractivity (Wildman–Crippen MR) is 545 cm³/mol. The molecule has 2 saturated carbocycles. The maximum absolute atomic E-state index is 15.4. The van der Waals surface area contributed by atoms with Crippen LogP contribution in [-0.4, -0.2) is 0 Å². The summed E-state index contributed by atoms with van der Waals surface area (Å²) >= 11 is 0. The van der Waals surface area contributed by atoms with Gasteiger partial charge in [-0.3, -0.25) is 0 Å². The highest BCUT2D eigenvalue weighted by Crippen LogP contribution is 2.41. The zero-order valence-corrected chi connectivity index (χ0v) is 83.7. The first-order valence-corrected chi connectivity index (χ1v) is 48.5. The fraction of sp³-hybridized carbons (Fsp3) is 0.385. The van der Waals surface area contributed by atoms with E-state index in [2.05, 4.69) is 392 Å². The molecular weight excluding hydrogens is 1590 g/mol. The van der Waals surface area contributed by atoms with Crippen LogP contribution in [0.4, 0.5) is 13.2 Å². The highest BCUT2D eigenvalue weighted by molar-refractivity contribution is 5.86. The third-order valence-corrected chi connectivity index (χ3v) is 27.9. The largest absolute Gasteiger partial charge is 0.213 e. The lowest BCUT2D eigenvalue weighted by atomic mass is 9.91. The third-order valence-electron chi connectivity index (χ3n) is 27.9. The van der Waals surface area contributed by atoms with Crippen molar-refractivity contribution in [2.45, 2.75) is 248 Å². The number of aromatic nitrogens is 5. The van der Waals surface area contributed by atoms with Crippen LogP contribution in [-0.2, 0) is 67.3 Å². The molecule has 0 spiro atoms. The summed E-state index contributed by atoms with van der Waals surface area (Å²) in [5, 5.41) is 5.78. The molecule has 15 aromatic rings. The van der Waals surface area contributed by atoms with Crippen LogP contribution in [0, 0.1) is 130 Å². The fourth-order valence-corrected chi connectivity index (χ4v) is 20.7. The summed E-state index contributed by atoms with van der Waals surface area (Å²) in [4.78, 5) is 0. The van der Waals surface area contributed by atoms with Crippen molar-refractivity contribution in [1.29, 1.82) is 0 Å². The third kappa shape index (κ3) is 21.6. The van der Waals surface area contributed by atoms with E-state index < -0.39 is 0 Å². The molecule has 0 amide bonds. The number of benzene rings is 10. The SMILES string of the molecule is Cc1cc(C)c(C)c(-c2ccc3c(CC(C)C)c(F)c(CC(C)C)cc3[n+]2C)c1.Cc1cc(C)c(C)c(-c2ccc3cc(F)c(CC(C)C)cc3[n+]2C)c1.Cc1ccc(C)c(-c2ccc3c(C4CCCC4)cccc3[n+]2C)c1.Cc1ccc(C)c(-c2ccc3c(CC(C)C)c(F)c(CC(C)C)cc3[n+]2C)c1.Cc1ccc(C)c(-c2ccc3ccc(C4CCCC4)cc3[n+]2C)c1. The number of halogens is 3. The van der Waals surface area contributed by atoms with Crippen molar-refractivity contribution in [3.05, 3.63) is 323 Å². The predicted octanol–water partition coefficient (Wildman–Crippen LogP) is 30.1. The van der Waals surface area contributed by atoms with Gasteiger partial charge in [-0.25, -0.2) is 13.2 Å². The molecule has 5 aromatic heterocycles. The zero-order valence-electron chi connectivity index (χ0n) is 83.7. The van der Waals surface area contributed by atoms with Gasteiger partial charge in [0.05, 0.1) is 10.8 Å². The number of aryl methyl sites for hydroxylation is 15. The Hall–Kier alpha value is -11.0. The van der Waals surface area contributed by atoms with E-state index in [1.54, 1.807) is 11.6 Å². The van der Waals surface area contributed by atoms with Gasteiger partial charge in [0.25, 0.3) is 0 Å². The van der Waals surface area contributed by atoms with Gasteiger partial charge in [-0.1, -0.05) is 189 Å². The molecule has 2 aliphatic carbocycles. The van der Waals surface area contributed by atoms with Crippen LogP contribution >= 0.6 is 0 Å². The van der Waals surface area contributed by atoms with Crippen molar-refractivity contribution in [2.24, 2.45) is 64.8 Å². The maximum atomic E-state index is 15.4. The highest BCUT2D eigenvalue weighted by Gasteiger charge is 2.30. The first-order chi connectivity index (χ1) is 61.8. The fourth-order valence-electron chi connectivity index (χ4n) is 20.7. The molecule has 2 aliphatic rings. The molecule has 0 saturated heterocycles. The number of hydrogen-bond acceptors (Lipinski definition) is 0. The van der Waals surface area contributed by atoms with Gasteiger partial charge in [-0.2, -0.15) is 22.8 Å². The summed E-state index contributed by atoms with van der Waals surface area (Å²) < 4.78 is 56.7. The van der Waals surface area contributed by atoms with Gasteiger partial charge in [0.15, 0.2) is 0 Å². The molecule has 10 aromatic carbocycles. The smallest absolute Gasteiger partial charge is 0.207 e. The second-order valence-corrected chi connectivity index (χ2v) is 40.9. The van der Waals surface area contributed by atoms with Crippen LogP contribution in [0.1, 0.15) is 238 Å². The molecule has 0 atom stereocenters. The Bertz CT molecular complexity index is 6630. The zero-order chi connectivity index (χ0) is 93.7.